The molecule has 4 heteroatoms. The monoisotopic (exact) mass is 288 g/mol. The summed E-state index contributed by atoms with van der Waals surface area (Å²) in [4.78, 5) is 4.53. The number of phenols is 1. The summed E-state index contributed by atoms with van der Waals surface area (Å²) in [6.07, 6.45) is 0. The van der Waals surface area contributed by atoms with Crippen LogP contribution in [0.25, 0.3) is 0 Å². The van der Waals surface area contributed by atoms with E-state index >= 15 is 0 Å². The van der Waals surface area contributed by atoms with E-state index in [1.165, 1.54) is 11.4 Å². The lowest BCUT2D eigenvalue weighted by Gasteiger charge is -2.37. The number of hydrogen-bond donors (Lipinski definition) is 1. The molecule has 3 nitrogen and oxygen atoms in total. The number of likely N-dealkylation sites (N-methyl/N-ethyl adjacent to an activating group) is 1. The maximum absolute atomic E-state index is 10.1. The number of hydrogen-bond acceptors (Lipinski definition) is 3. The van der Waals surface area contributed by atoms with Crippen molar-refractivity contribution in [3.8, 4) is 5.75 Å². The Bertz CT molecular complexity index is 630. The zero-order chi connectivity index (χ0) is 14.1. The third kappa shape index (κ3) is 2.29. The highest BCUT2D eigenvalue weighted by Gasteiger charge is 2.20. The largest absolute Gasteiger partial charge is 0.506 e. The van der Waals surface area contributed by atoms with Gasteiger partial charge in [-0.1, -0.05) is 35.9 Å². The van der Waals surface area contributed by atoms with Crippen molar-refractivity contribution < 1.29 is 5.11 Å². The number of anilines is 2. The first kappa shape index (κ1) is 13.1. The average Bonchev–Trinajstić information content (AvgIpc) is 2.47. The van der Waals surface area contributed by atoms with Crippen LogP contribution in [0.15, 0.2) is 42.5 Å². The fourth-order valence-corrected chi connectivity index (χ4v) is 2.82. The van der Waals surface area contributed by atoms with Crippen LogP contribution in [-0.4, -0.2) is 25.2 Å². The lowest BCUT2D eigenvalue weighted by molar-refractivity contribution is 0.467. The fourth-order valence-electron chi connectivity index (χ4n) is 2.62. The van der Waals surface area contributed by atoms with Gasteiger partial charge in [0.05, 0.1) is 16.4 Å². The summed E-state index contributed by atoms with van der Waals surface area (Å²) < 4.78 is 0. The number of nitrogens with zero attached hydrogens (tertiary/aromatic N) is 2. The van der Waals surface area contributed by atoms with Gasteiger partial charge in [0.15, 0.2) is 0 Å². The lowest BCUT2D eigenvalue weighted by Crippen LogP contribution is -2.38. The van der Waals surface area contributed by atoms with Crippen molar-refractivity contribution in [3.05, 3.63) is 53.1 Å². The molecule has 2 aromatic rings. The summed E-state index contributed by atoms with van der Waals surface area (Å²) >= 11 is 5.98. The molecule has 0 amide bonds. The molecule has 0 fully saturated rings. The van der Waals surface area contributed by atoms with E-state index in [4.69, 9.17) is 11.6 Å². The van der Waals surface area contributed by atoms with Crippen LogP contribution in [0.2, 0.25) is 5.02 Å². The van der Waals surface area contributed by atoms with Crippen LogP contribution in [-0.2, 0) is 6.54 Å². The van der Waals surface area contributed by atoms with Crippen molar-refractivity contribution in [1.29, 1.82) is 0 Å². The SMILES string of the molecule is CN1CCN(Cc2cccc(Cl)c2O)c2ccccc21. The Morgan fingerprint density at radius 2 is 1.80 bits per heavy atom. The van der Waals surface area contributed by atoms with E-state index in [2.05, 4.69) is 35.0 Å². The molecule has 20 heavy (non-hydrogen) atoms. The van der Waals surface area contributed by atoms with Crippen LogP contribution in [0.5, 0.6) is 5.75 Å². The van der Waals surface area contributed by atoms with Crippen LogP contribution in [0.4, 0.5) is 11.4 Å². The molecule has 0 aliphatic carbocycles. The Morgan fingerprint density at radius 3 is 2.60 bits per heavy atom. The Kier molecular flexibility index (Phi) is 3.45. The number of halogens is 1. The normalized spacial score (nSPS) is 14.3. The van der Waals surface area contributed by atoms with Crippen molar-refractivity contribution in [3.63, 3.8) is 0 Å². The van der Waals surface area contributed by atoms with E-state index in [9.17, 15) is 5.11 Å². The molecule has 1 N–H and O–H groups in total. The van der Waals surface area contributed by atoms with Crippen LogP contribution < -0.4 is 9.80 Å². The van der Waals surface area contributed by atoms with E-state index in [-0.39, 0.29) is 5.75 Å². The van der Waals surface area contributed by atoms with Gasteiger partial charge in [-0.2, -0.15) is 0 Å². The van der Waals surface area contributed by atoms with Gasteiger partial charge in [-0.3, -0.25) is 0 Å². The van der Waals surface area contributed by atoms with Gasteiger partial charge in [0.1, 0.15) is 5.75 Å². The number of rotatable bonds is 2. The molecular weight excluding hydrogens is 272 g/mol. The van der Waals surface area contributed by atoms with Gasteiger partial charge in [0, 0.05) is 32.2 Å². The van der Waals surface area contributed by atoms with Gasteiger partial charge in [-0.25, -0.2) is 0 Å². The topological polar surface area (TPSA) is 26.7 Å². The lowest BCUT2D eigenvalue weighted by atomic mass is 10.1. The van der Waals surface area contributed by atoms with Crippen molar-refractivity contribution in [2.24, 2.45) is 0 Å². The molecule has 104 valence electrons. The minimum Gasteiger partial charge on any atom is -0.506 e. The molecule has 1 aliphatic heterocycles. The highest BCUT2D eigenvalue weighted by Crippen LogP contribution is 2.35. The molecule has 0 bridgehead atoms. The molecule has 0 spiro atoms. The Morgan fingerprint density at radius 1 is 1.05 bits per heavy atom. The number of para-hydroxylation sites is 3. The average molecular weight is 289 g/mol. The van der Waals surface area contributed by atoms with E-state index in [0.717, 1.165) is 18.7 Å². The maximum Gasteiger partial charge on any atom is 0.139 e. The van der Waals surface area contributed by atoms with E-state index < -0.39 is 0 Å². The summed E-state index contributed by atoms with van der Waals surface area (Å²) in [7, 11) is 2.10. The molecule has 0 aromatic heterocycles. The van der Waals surface area contributed by atoms with Gasteiger partial charge in [0.2, 0.25) is 0 Å². The molecule has 2 aromatic carbocycles. The molecule has 0 saturated heterocycles. The van der Waals surface area contributed by atoms with E-state index in [1.54, 1.807) is 6.07 Å². The smallest absolute Gasteiger partial charge is 0.139 e. The van der Waals surface area contributed by atoms with Crippen molar-refractivity contribution in [2.75, 3.05) is 29.9 Å². The van der Waals surface area contributed by atoms with Gasteiger partial charge in [-0.05, 0) is 18.2 Å². The first-order chi connectivity index (χ1) is 9.66. The maximum atomic E-state index is 10.1. The van der Waals surface area contributed by atoms with Crippen LogP contribution >= 0.6 is 11.6 Å². The van der Waals surface area contributed by atoms with Crippen molar-refractivity contribution >= 4 is 23.0 Å². The summed E-state index contributed by atoms with van der Waals surface area (Å²) in [6, 6.07) is 13.8. The molecule has 0 saturated carbocycles. The second kappa shape index (κ2) is 5.25. The summed E-state index contributed by atoms with van der Waals surface area (Å²) in [5.41, 5.74) is 3.28. The van der Waals surface area contributed by atoms with Crippen molar-refractivity contribution in [2.45, 2.75) is 6.54 Å². The predicted molar refractivity (Wildman–Crippen MR) is 83.9 cm³/mol. The molecular formula is C16H17ClN2O. The van der Waals surface area contributed by atoms with Crippen LogP contribution in [0.1, 0.15) is 5.56 Å². The molecule has 3 rings (SSSR count). The second-order valence-electron chi connectivity index (χ2n) is 5.08. The molecule has 1 heterocycles. The Hall–Kier alpha value is -1.87. The quantitative estimate of drug-likeness (QED) is 0.916. The third-order valence-electron chi connectivity index (χ3n) is 3.77. The number of benzene rings is 2. The highest BCUT2D eigenvalue weighted by molar-refractivity contribution is 6.32. The third-order valence-corrected chi connectivity index (χ3v) is 4.08. The van der Waals surface area contributed by atoms with Crippen LogP contribution in [0, 0.1) is 0 Å². The van der Waals surface area contributed by atoms with Gasteiger partial charge in [0.25, 0.3) is 0 Å². The van der Waals surface area contributed by atoms with Gasteiger partial charge < -0.3 is 14.9 Å². The number of aromatic hydroxyl groups is 1. The number of phenolic OH excluding ortho intramolecular Hbond substituents is 1. The van der Waals surface area contributed by atoms with E-state index in [0.29, 0.717) is 11.6 Å². The summed E-state index contributed by atoms with van der Waals surface area (Å²) in [5.74, 6) is 0.186. The second-order valence-corrected chi connectivity index (χ2v) is 5.49. The predicted octanol–water partition coefficient (Wildman–Crippen LogP) is 3.50. The summed E-state index contributed by atoms with van der Waals surface area (Å²) in [5, 5.41) is 10.5. The summed E-state index contributed by atoms with van der Waals surface area (Å²) in [6.45, 7) is 2.56. The highest BCUT2D eigenvalue weighted by atomic mass is 35.5. The molecule has 0 atom stereocenters. The minimum absolute atomic E-state index is 0.186. The Labute approximate surface area is 124 Å². The molecule has 1 aliphatic rings. The molecule has 0 unspecified atom stereocenters. The van der Waals surface area contributed by atoms with E-state index in [1.807, 2.05) is 18.2 Å². The molecule has 0 radical (unpaired) electrons. The first-order valence-corrected chi connectivity index (χ1v) is 7.06. The minimum atomic E-state index is 0.186. The number of fused-ring (bicyclic) bond motifs is 1. The Balaban J connectivity index is 1.93. The first-order valence-electron chi connectivity index (χ1n) is 6.68. The van der Waals surface area contributed by atoms with Crippen molar-refractivity contribution in [1.82, 2.24) is 0 Å². The standard InChI is InChI=1S/C16H17ClN2O/c1-18-9-10-19(15-8-3-2-7-14(15)18)11-12-5-4-6-13(17)16(12)20/h2-8,20H,9-11H2,1H3. The van der Waals surface area contributed by atoms with Gasteiger partial charge in [-0.15, -0.1) is 0 Å². The zero-order valence-corrected chi connectivity index (χ0v) is 12.1. The van der Waals surface area contributed by atoms with Crippen LogP contribution in [0.3, 0.4) is 0 Å². The zero-order valence-electron chi connectivity index (χ0n) is 11.4. The fraction of sp³-hybridized carbons (Fsp3) is 0.250. The van der Waals surface area contributed by atoms with Gasteiger partial charge >= 0.3 is 0 Å².